The second kappa shape index (κ2) is 32.3. The summed E-state index contributed by atoms with van der Waals surface area (Å²) < 4.78 is 0. The summed E-state index contributed by atoms with van der Waals surface area (Å²) in [5, 5.41) is 109. The summed E-state index contributed by atoms with van der Waals surface area (Å²) in [7, 11) is -11.1. The zero-order chi connectivity index (χ0) is 17.9. The predicted molar refractivity (Wildman–Crippen MR) is 59.8 cm³/mol. The van der Waals surface area contributed by atoms with Gasteiger partial charge in [0.15, 0.2) is 0 Å². The number of rotatable bonds is 0. The van der Waals surface area contributed by atoms with E-state index in [0.29, 0.717) is 0 Å². The summed E-state index contributed by atoms with van der Waals surface area (Å²) in [6, 6.07) is 0. The van der Waals surface area contributed by atoms with Crippen LogP contribution in [0.4, 0.5) is 0 Å². The molecule has 0 radical (unpaired) electrons. The predicted octanol–water partition coefficient (Wildman–Crippen LogP) is -13.9. The van der Waals surface area contributed by atoms with Crippen LogP contribution in [-0.2, 0) is 0 Å². The van der Waals surface area contributed by atoms with Gasteiger partial charge in [0.1, 0.15) is 0 Å². The molecule has 0 amide bonds. The van der Waals surface area contributed by atoms with Crippen LogP contribution in [0.1, 0.15) is 0 Å². The number of hydrogen-bond acceptors (Lipinski definition) is 15. The van der Waals surface area contributed by atoms with Gasteiger partial charge in [-0.15, -0.1) is 0 Å². The minimum absolute atomic E-state index is 0. The maximum absolute atomic E-state index is 8.64. The van der Waals surface area contributed by atoms with Gasteiger partial charge in [0, 0.05) is 0 Å². The van der Waals surface area contributed by atoms with Crippen LogP contribution in [0.15, 0.2) is 0 Å². The Bertz CT molecular complexity index is 80.6. The molecule has 0 rings (SSSR count). The Morgan fingerprint density at radius 1 is 0.381 bits per heavy atom. The van der Waals surface area contributed by atoms with Crippen molar-refractivity contribution in [1.29, 1.82) is 0 Å². The van der Waals surface area contributed by atoms with Gasteiger partial charge >= 0.3 is 55.5 Å². The van der Waals surface area contributed by atoms with Gasteiger partial charge < -0.3 is 75.4 Å². The molecule has 0 fully saturated rings. The van der Waals surface area contributed by atoms with Crippen LogP contribution in [0, 0.1) is 0 Å². The quantitative estimate of drug-likeness (QED) is 0.184. The molecule has 21 heteroatoms. The normalized spacial score (nSPS) is 6.43. The van der Waals surface area contributed by atoms with E-state index in [2.05, 4.69) is 0 Å². The average Bonchev–Trinajstić information content (AvgIpc) is 1.94. The molecule has 0 spiro atoms. The molecule has 0 bridgehead atoms. The van der Waals surface area contributed by atoms with Crippen molar-refractivity contribution in [3.8, 4) is 0 Å². The molecule has 0 saturated heterocycles. The molecule has 0 aliphatic carbocycles. The van der Waals surface area contributed by atoms with E-state index in [1.165, 1.54) is 0 Å². The van der Waals surface area contributed by atoms with Crippen LogP contribution in [-0.4, -0.2) is 107 Å². The van der Waals surface area contributed by atoms with E-state index in [0.717, 1.165) is 0 Å². The van der Waals surface area contributed by atoms with Gasteiger partial charge in [-0.1, -0.05) is 0 Å². The second-order valence-electron chi connectivity index (χ2n) is 1.71. The van der Waals surface area contributed by atoms with Crippen molar-refractivity contribution >= 4 is 36.6 Å². The van der Waals surface area contributed by atoms with Gasteiger partial charge in [-0.25, -0.2) is 0 Å². The van der Waals surface area contributed by atoms with E-state index in [9.17, 15) is 0 Å². The molecule has 0 aromatic heterocycles. The van der Waals surface area contributed by atoms with Gasteiger partial charge in [0.25, 0.3) is 0 Å². The van der Waals surface area contributed by atoms with Gasteiger partial charge in [-0.05, 0) is 0 Å². The Kier molecular flexibility index (Phi) is 57.7. The molecule has 0 aliphatic rings. The molecule has 21 heavy (non-hydrogen) atoms. The van der Waals surface area contributed by atoms with Crippen molar-refractivity contribution in [3.63, 3.8) is 0 Å². The molecule has 0 unspecified atom stereocenters. The van der Waals surface area contributed by atoms with E-state index in [1.807, 2.05) is 0 Å². The molecule has 0 heterocycles. The first-order valence-electron chi connectivity index (χ1n) is 3.85. The van der Waals surface area contributed by atoms with Crippen molar-refractivity contribution in [2.45, 2.75) is 0 Å². The summed E-state index contributed by atoms with van der Waals surface area (Å²) in [5.74, 6) is 0. The maximum atomic E-state index is 8.64. The van der Waals surface area contributed by atoms with Crippen molar-refractivity contribution in [3.05, 3.63) is 0 Å². The van der Waals surface area contributed by atoms with E-state index >= 15 is 0 Å². The summed E-state index contributed by atoms with van der Waals surface area (Å²) >= 11 is 0. The van der Waals surface area contributed by atoms with Crippen LogP contribution in [0.25, 0.3) is 0 Å². The van der Waals surface area contributed by atoms with E-state index in [4.69, 9.17) is 75.4 Å². The van der Waals surface area contributed by atoms with E-state index in [1.54, 1.807) is 0 Å². The zero-order valence-corrected chi connectivity index (χ0v) is 10.6. The van der Waals surface area contributed by atoms with Crippen LogP contribution in [0.3, 0.4) is 0 Å². The largest absolute Gasteiger partial charge is 1.00 e. The van der Waals surface area contributed by atoms with Gasteiger partial charge in [-0.2, -0.15) is 0 Å². The fourth-order valence-electron chi connectivity index (χ4n) is 0. The van der Waals surface area contributed by atoms with E-state index in [-0.39, 0.29) is 18.9 Å². The summed E-state index contributed by atoms with van der Waals surface area (Å²) in [5.41, 5.74) is 0. The minimum Gasteiger partial charge on any atom is -0.832 e. The van der Waals surface area contributed by atoms with Crippen molar-refractivity contribution in [2.24, 2.45) is 0 Å². The van der Waals surface area contributed by atoms with Crippen LogP contribution >= 0.6 is 0 Å². The fourth-order valence-corrected chi connectivity index (χ4v) is 0. The Hall–Kier alpha value is 0.322. The van der Waals surface area contributed by atoms with E-state index < -0.39 is 36.6 Å². The Morgan fingerprint density at radius 3 is 0.381 bits per heavy atom. The van der Waals surface area contributed by atoms with Crippen molar-refractivity contribution in [1.82, 2.24) is 0 Å². The first kappa shape index (κ1) is 37.5. The zero-order valence-electron chi connectivity index (χ0n) is 10.6. The molecular weight excluding hydrogens is 301 g/mol. The van der Waals surface area contributed by atoms with Crippen LogP contribution in [0.2, 0.25) is 0 Å². The maximum Gasteiger partial charge on any atom is 1.00 e. The molecule has 0 aliphatic heterocycles. The van der Waals surface area contributed by atoms with Crippen molar-refractivity contribution < 1.29 is 94.2 Å². The Morgan fingerprint density at radius 2 is 0.381 bits per heavy atom. The Labute approximate surface area is 131 Å². The van der Waals surface area contributed by atoms with Gasteiger partial charge in [0.2, 0.25) is 0 Å². The molecule has 14 N–H and O–H groups in total. The van der Waals surface area contributed by atoms with Crippen LogP contribution in [0.5, 0.6) is 0 Å². The summed E-state index contributed by atoms with van der Waals surface area (Å²) in [4.78, 5) is 0. The smallest absolute Gasteiger partial charge is 0.832 e. The standard InChI is InChI=1S/4BH3O3.BH2O3.Li/c5*2-1(3)4;/h4*2-4H;2-3H;/q;;;;-1;+1. The molecule has 0 saturated carbocycles. The third kappa shape index (κ3) is 65800. The average molecular weight is 315 g/mol. The molecule has 0 aromatic rings. The first-order chi connectivity index (χ1) is 8.66. The first-order valence-corrected chi connectivity index (χ1v) is 3.85. The fraction of sp³-hybridized carbons (Fsp3) is 0. The van der Waals surface area contributed by atoms with Gasteiger partial charge in [0.05, 0.1) is 0 Å². The topological polar surface area (TPSA) is 306 Å². The van der Waals surface area contributed by atoms with Crippen LogP contribution < -0.4 is 23.9 Å². The molecular formula is H14B5LiO15. The Balaban J connectivity index is -0.0000000331. The second-order valence-corrected chi connectivity index (χ2v) is 1.71. The monoisotopic (exact) mass is 316 g/mol. The van der Waals surface area contributed by atoms with Gasteiger partial charge in [-0.3, -0.25) is 0 Å². The third-order valence-corrected chi connectivity index (χ3v) is 0. The molecule has 0 atom stereocenters. The summed E-state index contributed by atoms with van der Waals surface area (Å²) in [6.07, 6.45) is 0. The third-order valence-electron chi connectivity index (χ3n) is 0. The molecule has 120 valence electrons. The minimum atomic E-state index is -2.42. The summed E-state index contributed by atoms with van der Waals surface area (Å²) in [6.45, 7) is 0. The SMILES string of the molecule is OB(O)O.OB(O)O.OB(O)O.OB(O)O.[Li+].[O-]B(O)O. The number of hydrogen-bond donors (Lipinski definition) is 14. The molecule has 15 nitrogen and oxygen atoms in total. The van der Waals surface area contributed by atoms with Crippen molar-refractivity contribution in [2.75, 3.05) is 0 Å². The molecule has 0 aromatic carbocycles.